The number of aryl methyl sites for hydroxylation is 2. The minimum Gasteiger partial charge on any atom is -0.359 e. The number of rotatable bonds is 5. The molecule has 0 unspecified atom stereocenters. The van der Waals surface area contributed by atoms with Crippen LogP contribution in [0.3, 0.4) is 0 Å². The molecule has 0 radical (unpaired) electrons. The number of aromatic nitrogens is 1. The lowest BCUT2D eigenvalue weighted by molar-refractivity contribution is -0.115. The van der Waals surface area contributed by atoms with Gasteiger partial charge in [-0.2, -0.15) is 0 Å². The molecule has 1 amide bonds. The van der Waals surface area contributed by atoms with E-state index in [2.05, 4.69) is 10.5 Å². The molecule has 0 saturated carbocycles. The van der Waals surface area contributed by atoms with Crippen LogP contribution in [0.2, 0.25) is 0 Å². The van der Waals surface area contributed by atoms with E-state index in [1.807, 2.05) is 24.3 Å². The first kappa shape index (κ1) is 17.2. The van der Waals surface area contributed by atoms with Crippen LogP contribution in [0.15, 0.2) is 51.9 Å². The molecule has 0 aliphatic heterocycles. The lowest BCUT2D eigenvalue weighted by Crippen LogP contribution is -2.18. The van der Waals surface area contributed by atoms with Crippen LogP contribution in [0.5, 0.6) is 0 Å². The number of anilines is 1. The average molecular weight is 358 g/mol. The van der Waals surface area contributed by atoms with Gasteiger partial charge in [0.1, 0.15) is 11.4 Å². The maximum absolute atomic E-state index is 12.5. The number of carbonyl (C=O) groups excluding carboxylic acids is 1. The van der Waals surface area contributed by atoms with E-state index >= 15 is 0 Å². The van der Waals surface area contributed by atoms with Crippen molar-refractivity contribution in [3.8, 4) is 0 Å². The van der Waals surface area contributed by atoms with E-state index < -0.39 is 15.7 Å². The standard InChI is InChI=1S/C18H18N2O4S/c1-12-18(13(2)24-20-12)19-17(21)9-10-25(22,23)16-8-7-14-5-3-4-6-15(14)11-16/h3-8,11H,9-10H2,1-2H3,(H,19,21). The molecular weight excluding hydrogens is 340 g/mol. The average Bonchev–Trinajstić information content (AvgIpc) is 2.91. The SMILES string of the molecule is Cc1noc(C)c1NC(=O)CCS(=O)(=O)c1ccc2ccccc2c1. The first-order chi connectivity index (χ1) is 11.9. The monoisotopic (exact) mass is 358 g/mol. The summed E-state index contributed by atoms with van der Waals surface area (Å²) in [5.41, 5.74) is 1.05. The quantitative estimate of drug-likeness (QED) is 0.756. The van der Waals surface area contributed by atoms with Gasteiger partial charge in [0.15, 0.2) is 15.6 Å². The van der Waals surface area contributed by atoms with E-state index in [9.17, 15) is 13.2 Å². The van der Waals surface area contributed by atoms with Gasteiger partial charge in [-0.05, 0) is 36.8 Å². The molecule has 1 N–H and O–H groups in total. The zero-order chi connectivity index (χ0) is 18.0. The second-order valence-electron chi connectivity index (χ2n) is 5.83. The fraction of sp³-hybridized carbons (Fsp3) is 0.222. The second-order valence-corrected chi connectivity index (χ2v) is 7.93. The number of sulfone groups is 1. The third kappa shape index (κ3) is 3.71. The Morgan fingerprint density at radius 3 is 2.52 bits per heavy atom. The Balaban J connectivity index is 1.71. The van der Waals surface area contributed by atoms with Gasteiger partial charge in [0.25, 0.3) is 0 Å². The van der Waals surface area contributed by atoms with Crippen molar-refractivity contribution in [2.24, 2.45) is 0 Å². The van der Waals surface area contributed by atoms with E-state index in [1.54, 1.807) is 32.0 Å². The predicted molar refractivity (Wildman–Crippen MR) is 95.2 cm³/mol. The molecule has 2 aromatic carbocycles. The third-order valence-electron chi connectivity index (χ3n) is 3.98. The fourth-order valence-corrected chi connectivity index (χ4v) is 3.84. The summed E-state index contributed by atoms with van der Waals surface area (Å²) in [6.45, 7) is 3.39. The number of nitrogens with one attached hydrogen (secondary N) is 1. The normalized spacial score (nSPS) is 11.6. The van der Waals surface area contributed by atoms with E-state index in [1.165, 1.54) is 0 Å². The lowest BCUT2D eigenvalue weighted by atomic mass is 10.1. The summed E-state index contributed by atoms with van der Waals surface area (Å²) in [6, 6.07) is 12.5. The van der Waals surface area contributed by atoms with Gasteiger partial charge in [0.05, 0.1) is 10.6 Å². The number of benzene rings is 2. The van der Waals surface area contributed by atoms with Crippen molar-refractivity contribution >= 4 is 32.2 Å². The molecule has 0 fully saturated rings. The number of hydrogen-bond donors (Lipinski definition) is 1. The molecule has 0 aliphatic carbocycles. The van der Waals surface area contributed by atoms with Crippen molar-refractivity contribution in [1.29, 1.82) is 0 Å². The Morgan fingerprint density at radius 2 is 1.84 bits per heavy atom. The third-order valence-corrected chi connectivity index (χ3v) is 5.69. The van der Waals surface area contributed by atoms with Gasteiger partial charge in [0, 0.05) is 6.42 Å². The minimum atomic E-state index is -3.55. The van der Waals surface area contributed by atoms with Crippen LogP contribution in [0.4, 0.5) is 5.69 Å². The van der Waals surface area contributed by atoms with Gasteiger partial charge in [-0.15, -0.1) is 0 Å². The molecule has 0 aliphatic rings. The molecule has 0 atom stereocenters. The Bertz CT molecular complexity index is 1020. The van der Waals surface area contributed by atoms with Crippen molar-refractivity contribution < 1.29 is 17.7 Å². The number of carbonyl (C=O) groups is 1. The summed E-state index contributed by atoms with van der Waals surface area (Å²) in [6.07, 6.45) is -0.140. The van der Waals surface area contributed by atoms with E-state index in [4.69, 9.17) is 4.52 Å². The van der Waals surface area contributed by atoms with Crippen molar-refractivity contribution in [3.05, 3.63) is 53.9 Å². The van der Waals surface area contributed by atoms with Crippen LogP contribution in [-0.4, -0.2) is 25.2 Å². The maximum atomic E-state index is 12.5. The Morgan fingerprint density at radius 1 is 1.12 bits per heavy atom. The molecule has 130 valence electrons. The number of nitrogens with zero attached hydrogens (tertiary/aromatic N) is 1. The lowest BCUT2D eigenvalue weighted by Gasteiger charge is -2.07. The van der Waals surface area contributed by atoms with Gasteiger partial charge < -0.3 is 9.84 Å². The van der Waals surface area contributed by atoms with Crippen LogP contribution in [-0.2, 0) is 14.6 Å². The topological polar surface area (TPSA) is 89.3 Å². The zero-order valence-corrected chi connectivity index (χ0v) is 14.8. The van der Waals surface area contributed by atoms with Crippen LogP contribution < -0.4 is 5.32 Å². The van der Waals surface area contributed by atoms with E-state index in [-0.39, 0.29) is 17.1 Å². The summed E-state index contributed by atoms with van der Waals surface area (Å²) in [4.78, 5) is 12.3. The maximum Gasteiger partial charge on any atom is 0.225 e. The van der Waals surface area contributed by atoms with Gasteiger partial charge in [-0.25, -0.2) is 8.42 Å². The van der Waals surface area contributed by atoms with Crippen molar-refractivity contribution in [1.82, 2.24) is 5.16 Å². The molecule has 0 spiro atoms. The van der Waals surface area contributed by atoms with Crippen LogP contribution in [0.25, 0.3) is 10.8 Å². The molecule has 1 heterocycles. The van der Waals surface area contributed by atoms with Gasteiger partial charge >= 0.3 is 0 Å². The zero-order valence-electron chi connectivity index (χ0n) is 13.9. The smallest absolute Gasteiger partial charge is 0.225 e. The highest BCUT2D eigenvalue weighted by Gasteiger charge is 2.18. The second kappa shape index (κ2) is 6.68. The fourth-order valence-electron chi connectivity index (χ4n) is 2.57. The van der Waals surface area contributed by atoms with E-state index in [0.29, 0.717) is 17.1 Å². The molecule has 6 nitrogen and oxygen atoms in total. The summed E-state index contributed by atoms with van der Waals surface area (Å²) in [5, 5.41) is 8.22. The summed E-state index contributed by atoms with van der Waals surface area (Å²) < 4.78 is 30.0. The molecule has 1 aromatic heterocycles. The van der Waals surface area contributed by atoms with Crippen molar-refractivity contribution in [3.63, 3.8) is 0 Å². The molecular formula is C18H18N2O4S. The van der Waals surface area contributed by atoms with Crippen LogP contribution in [0, 0.1) is 13.8 Å². The summed E-state index contributed by atoms with van der Waals surface area (Å²) in [5.74, 6) is -0.164. The summed E-state index contributed by atoms with van der Waals surface area (Å²) >= 11 is 0. The highest BCUT2D eigenvalue weighted by atomic mass is 32.2. The summed E-state index contributed by atoms with van der Waals surface area (Å²) in [7, 11) is -3.55. The molecule has 0 saturated heterocycles. The van der Waals surface area contributed by atoms with Crippen molar-refractivity contribution in [2.45, 2.75) is 25.2 Å². The largest absolute Gasteiger partial charge is 0.359 e. The van der Waals surface area contributed by atoms with Crippen LogP contribution in [0.1, 0.15) is 17.9 Å². The molecule has 0 bridgehead atoms. The highest BCUT2D eigenvalue weighted by molar-refractivity contribution is 7.91. The van der Waals surface area contributed by atoms with E-state index in [0.717, 1.165) is 10.8 Å². The minimum absolute atomic E-state index is 0.140. The van der Waals surface area contributed by atoms with Crippen molar-refractivity contribution in [2.75, 3.05) is 11.1 Å². The first-order valence-corrected chi connectivity index (χ1v) is 9.46. The number of hydrogen-bond acceptors (Lipinski definition) is 5. The molecule has 3 rings (SSSR count). The van der Waals surface area contributed by atoms with Crippen LogP contribution >= 0.6 is 0 Å². The molecule has 3 aromatic rings. The number of fused-ring (bicyclic) bond motifs is 1. The molecule has 7 heteroatoms. The first-order valence-electron chi connectivity index (χ1n) is 7.81. The Labute approximate surface area is 145 Å². The Kier molecular flexibility index (Phi) is 4.59. The van der Waals surface area contributed by atoms with Gasteiger partial charge in [-0.3, -0.25) is 4.79 Å². The highest BCUT2D eigenvalue weighted by Crippen LogP contribution is 2.21. The predicted octanol–water partition coefficient (Wildman–Crippen LogP) is 3.25. The van der Waals surface area contributed by atoms with Gasteiger partial charge in [0.2, 0.25) is 5.91 Å². The molecule has 25 heavy (non-hydrogen) atoms. The van der Waals surface area contributed by atoms with Gasteiger partial charge in [-0.1, -0.05) is 35.5 Å². The Hall–Kier alpha value is -2.67. The number of amides is 1.